The number of aromatic nitrogens is 3. The standard InChI is InChI=1S/C30H31N7O6S4/c1-16-19(4)44-28(31-16)34-27(22-8-7-9-24(14-22)43-15-26(38)39)35(29-32-17(2)20(5)45-29)37(30-33-18(3)21(6)46-30)36(34)23-10-12-25(13-11-23)47(40,41)42/h7-14,27H,15H2,1-6H3,(H,38,39)(H,40,41,42). The highest BCUT2D eigenvalue weighted by molar-refractivity contribution is 7.85. The maximum Gasteiger partial charge on any atom is 0.341 e. The van der Waals surface area contributed by atoms with E-state index in [0.29, 0.717) is 26.8 Å². The minimum Gasteiger partial charge on any atom is -0.482 e. The van der Waals surface area contributed by atoms with E-state index in [-0.39, 0.29) is 4.90 Å². The Hall–Kier alpha value is -4.29. The molecule has 1 unspecified atom stereocenters. The van der Waals surface area contributed by atoms with Gasteiger partial charge in [0.2, 0.25) is 15.4 Å². The number of carboxylic acid groups (broad SMARTS) is 1. The van der Waals surface area contributed by atoms with Crippen LogP contribution in [0.25, 0.3) is 0 Å². The predicted octanol–water partition coefficient (Wildman–Crippen LogP) is 6.40. The van der Waals surface area contributed by atoms with Crippen LogP contribution in [0.2, 0.25) is 0 Å². The molecule has 5 aromatic rings. The molecule has 6 rings (SSSR count). The second-order valence-electron chi connectivity index (χ2n) is 10.8. The summed E-state index contributed by atoms with van der Waals surface area (Å²) in [5, 5.41) is 18.9. The number of nitrogens with zero attached hydrogens (tertiary/aromatic N) is 7. The van der Waals surface area contributed by atoms with Gasteiger partial charge in [0.25, 0.3) is 10.1 Å². The third-order valence-electron chi connectivity index (χ3n) is 7.55. The van der Waals surface area contributed by atoms with E-state index >= 15 is 0 Å². The van der Waals surface area contributed by atoms with Crippen molar-refractivity contribution in [3.8, 4) is 5.75 Å². The summed E-state index contributed by atoms with van der Waals surface area (Å²) in [6.45, 7) is 11.3. The van der Waals surface area contributed by atoms with Crippen LogP contribution in [-0.4, -0.2) is 45.6 Å². The van der Waals surface area contributed by atoms with Crippen LogP contribution in [0.1, 0.15) is 43.4 Å². The van der Waals surface area contributed by atoms with Gasteiger partial charge in [-0.3, -0.25) is 4.55 Å². The summed E-state index contributed by atoms with van der Waals surface area (Å²) in [6.07, 6.45) is -0.663. The zero-order valence-corrected chi connectivity index (χ0v) is 29.5. The van der Waals surface area contributed by atoms with Crippen molar-refractivity contribution in [2.45, 2.75) is 52.6 Å². The number of rotatable bonds is 9. The number of aliphatic carboxylic acids is 1. The average Bonchev–Trinajstić information content (AvgIpc) is 3.74. The van der Waals surface area contributed by atoms with Crippen LogP contribution in [0.5, 0.6) is 5.75 Å². The molecule has 0 aliphatic carbocycles. The Bertz CT molecular complexity index is 2020. The lowest BCUT2D eigenvalue weighted by Gasteiger charge is -2.34. The zero-order chi connectivity index (χ0) is 33.8. The quantitative estimate of drug-likeness (QED) is 0.162. The number of thiazole rings is 3. The fourth-order valence-corrected chi connectivity index (χ4v) is 8.08. The van der Waals surface area contributed by atoms with Crippen molar-refractivity contribution in [1.29, 1.82) is 0 Å². The monoisotopic (exact) mass is 713 g/mol. The lowest BCUT2D eigenvalue weighted by Crippen LogP contribution is -2.48. The van der Waals surface area contributed by atoms with E-state index < -0.39 is 28.9 Å². The Kier molecular flexibility index (Phi) is 8.60. The second-order valence-corrected chi connectivity index (χ2v) is 15.7. The highest BCUT2D eigenvalue weighted by atomic mass is 32.2. The van der Waals surface area contributed by atoms with Crippen LogP contribution in [0, 0.1) is 41.5 Å². The highest BCUT2D eigenvalue weighted by Gasteiger charge is 2.50. The number of hydrogen-bond donors (Lipinski definition) is 2. The maximum absolute atomic E-state index is 12.0. The third kappa shape index (κ3) is 6.23. The number of anilines is 4. The van der Waals surface area contributed by atoms with E-state index in [1.807, 2.05) is 67.9 Å². The molecule has 4 heterocycles. The molecule has 0 spiro atoms. The SMILES string of the molecule is Cc1nc(N2C(c3cccc(OCC(=O)O)c3)N(c3nc(C)c(C)s3)N(c3nc(C)c(C)s3)N2c2ccc(S(=O)(=O)O)cc2)sc1C. The second kappa shape index (κ2) is 12.4. The van der Waals surface area contributed by atoms with Gasteiger partial charge in [-0.15, -0.1) is 27.8 Å². The molecular formula is C30H31N7O6S4. The number of benzene rings is 2. The maximum atomic E-state index is 12.0. The van der Waals surface area contributed by atoms with Gasteiger partial charge in [-0.1, -0.05) is 23.5 Å². The predicted molar refractivity (Wildman–Crippen MR) is 183 cm³/mol. The van der Waals surface area contributed by atoms with E-state index in [0.717, 1.165) is 37.3 Å². The molecule has 13 nitrogen and oxygen atoms in total. The van der Waals surface area contributed by atoms with Crippen molar-refractivity contribution in [3.63, 3.8) is 0 Å². The van der Waals surface area contributed by atoms with Crippen molar-refractivity contribution >= 4 is 71.2 Å². The van der Waals surface area contributed by atoms with Gasteiger partial charge in [0, 0.05) is 20.2 Å². The Morgan fingerprint density at radius 3 is 1.77 bits per heavy atom. The fourth-order valence-electron chi connectivity index (χ4n) is 4.86. The summed E-state index contributed by atoms with van der Waals surface area (Å²) in [7, 11) is -4.45. The molecule has 0 saturated carbocycles. The number of hydrogen-bond acceptors (Lipinski definition) is 14. The number of hydrazine groups is 3. The molecule has 1 atom stereocenters. The third-order valence-corrected chi connectivity index (χ3v) is 11.6. The molecule has 1 aliphatic rings. The lowest BCUT2D eigenvalue weighted by molar-refractivity contribution is -0.139. The van der Waals surface area contributed by atoms with Crippen LogP contribution < -0.4 is 25.0 Å². The fraction of sp³-hybridized carbons (Fsp3) is 0.267. The van der Waals surface area contributed by atoms with Crippen molar-refractivity contribution in [3.05, 3.63) is 85.8 Å². The first-order chi connectivity index (χ1) is 22.2. The Labute approximate surface area is 283 Å². The Morgan fingerprint density at radius 1 is 0.787 bits per heavy atom. The molecule has 1 fully saturated rings. The van der Waals surface area contributed by atoms with Crippen LogP contribution in [0.15, 0.2) is 53.4 Å². The Balaban J connectivity index is 1.66. The number of carboxylic acids is 1. The van der Waals surface area contributed by atoms with Gasteiger partial charge >= 0.3 is 5.97 Å². The molecule has 3 aromatic heterocycles. The normalized spacial score (nSPS) is 15.2. The van der Waals surface area contributed by atoms with E-state index in [4.69, 9.17) is 19.7 Å². The van der Waals surface area contributed by atoms with Gasteiger partial charge < -0.3 is 9.84 Å². The minimum absolute atomic E-state index is 0.247. The van der Waals surface area contributed by atoms with Gasteiger partial charge in [0.15, 0.2) is 12.8 Å². The first-order valence-electron chi connectivity index (χ1n) is 14.3. The molecule has 0 amide bonds. The summed E-state index contributed by atoms with van der Waals surface area (Å²) >= 11 is 4.47. The molecule has 2 N–H and O–H groups in total. The smallest absolute Gasteiger partial charge is 0.341 e. The topological polar surface area (TPSA) is 153 Å². The van der Waals surface area contributed by atoms with Gasteiger partial charge in [0.05, 0.1) is 27.7 Å². The average molecular weight is 714 g/mol. The lowest BCUT2D eigenvalue weighted by atomic mass is 10.1. The van der Waals surface area contributed by atoms with E-state index in [2.05, 4.69) is 0 Å². The minimum atomic E-state index is -4.45. The molecule has 47 heavy (non-hydrogen) atoms. The first-order valence-corrected chi connectivity index (χ1v) is 18.1. The van der Waals surface area contributed by atoms with Crippen molar-refractivity contribution in [2.24, 2.45) is 0 Å². The van der Waals surface area contributed by atoms with E-state index in [1.165, 1.54) is 46.1 Å². The molecule has 2 aromatic carbocycles. The van der Waals surface area contributed by atoms with Gasteiger partial charge in [0.1, 0.15) is 5.75 Å². The first kappa shape index (κ1) is 32.6. The largest absolute Gasteiger partial charge is 0.482 e. The van der Waals surface area contributed by atoms with Gasteiger partial charge in [-0.05, 0) is 77.9 Å². The van der Waals surface area contributed by atoms with Crippen LogP contribution in [0.4, 0.5) is 21.1 Å². The molecule has 17 heteroatoms. The molecule has 1 aliphatic heterocycles. The molecule has 246 valence electrons. The Morgan fingerprint density at radius 2 is 1.30 bits per heavy atom. The van der Waals surface area contributed by atoms with Crippen molar-refractivity contribution < 1.29 is 27.6 Å². The molecule has 0 bridgehead atoms. The van der Waals surface area contributed by atoms with Crippen LogP contribution >= 0.6 is 34.0 Å². The summed E-state index contributed by atoms with van der Waals surface area (Å²) < 4.78 is 39.3. The summed E-state index contributed by atoms with van der Waals surface area (Å²) in [4.78, 5) is 29.0. The summed E-state index contributed by atoms with van der Waals surface area (Å²) in [5.74, 6) is -0.728. The number of carbonyl (C=O) groups is 1. The van der Waals surface area contributed by atoms with Crippen molar-refractivity contribution in [1.82, 2.24) is 15.0 Å². The molecular weight excluding hydrogens is 683 g/mol. The molecule has 0 radical (unpaired) electrons. The van der Waals surface area contributed by atoms with E-state index in [1.54, 1.807) is 30.3 Å². The number of ether oxygens (including phenoxy) is 1. The highest BCUT2D eigenvalue weighted by Crippen LogP contribution is 2.49. The van der Waals surface area contributed by atoms with Crippen LogP contribution in [0.3, 0.4) is 0 Å². The van der Waals surface area contributed by atoms with Crippen LogP contribution in [-0.2, 0) is 14.9 Å². The zero-order valence-electron chi connectivity index (χ0n) is 26.2. The summed E-state index contributed by atoms with van der Waals surface area (Å²) in [6, 6.07) is 13.1. The number of aryl methyl sites for hydroxylation is 6. The van der Waals surface area contributed by atoms with Gasteiger partial charge in [-0.2, -0.15) is 13.5 Å². The van der Waals surface area contributed by atoms with Gasteiger partial charge in [-0.25, -0.2) is 29.8 Å². The summed E-state index contributed by atoms with van der Waals surface area (Å²) in [5.41, 5.74) is 3.83. The van der Waals surface area contributed by atoms with Crippen molar-refractivity contribution in [2.75, 3.05) is 26.9 Å². The molecule has 1 saturated heterocycles. The van der Waals surface area contributed by atoms with E-state index in [9.17, 15) is 22.9 Å².